The van der Waals surface area contributed by atoms with E-state index in [1.807, 2.05) is 0 Å². The van der Waals surface area contributed by atoms with Gasteiger partial charge in [-0.1, -0.05) is 23.2 Å². The number of hydrogen-bond acceptors (Lipinski definition) is 5. The zero-order valence-corrected chi connectivity index (χ0v) is 13.2. The van der Waals surface area contributed by atoms with Gasteiger partial charge in [0.05, 0.1) is 18.7 Å². The Morgan fingerprint density at radius 3 is 3.00 bits per heavy atom. The first-order valence-corrected chi connectivity index (χ1v) is 7.35. The topological polar surface area (TPSA) is 48.0 Å². The van der Waals surface area contributed by atoms with Gasteiger partial charge in [0, 0.05) is 24.7 Å². The average Bonchev–Trinajstić information content (AvgIpc) is 2.49. The number of carbonyl (C=O) groups is 1. The number of carbonyl (C=O) groups excluding carboxylic acids is 1. The summed E-state index contributed by atoms with van der Waals surface area (Å²) in [7, 11) is 1.36. The second-order valence-electron chi connectivity index (χ2n) is 4.61. The normalized spacial score (nSPS) is 19.3. The van der Waals surface area contributed by atoms with Crippen LogP contribution in [0.3, 0.4) is 0 Å². The van der Waals surface area contributed by atoms with Gasteiger partial charge in [-0.05, 0) is 18.2 Å². The van der Waals surface area contributed by atoms with Crippen molar-refractivity contribution in [1.82, 2.24) is 4.90 Å². The van der Waals surface area contributed by atoms with Gasteiger partial charge in [0.2, 0.25) is 0 Å². The predicted molar refractivity (Wildman–Crippen MR) is 80.2 cm³/mol. The highest BCUT2D eigenvalue weighted by Gasteiger charge is 2.27. The molecule has 2 rings (SSSR count). The van der Waals surface area contributed by atoms with Crippen LogP contribution in [0, 0.1) is 0 Å². The first-order valence-electron chi connectivity index (χ1n) is 6.60. The molecule has 1 aliphatic rings. The Bertz CT molecular complexity index is 498. The van der Waals surface area contributed by atoms with Gasteiger partial charge in [-0.3, -0.25) is 4.90 Å². The van der Waals surface area contributed by atoms with Crippen molar-refractivity contribution in [3.05, 3.63) is 28.2 Å². The van der Waals surface area contributed by atoms with Crippen molar-refractivity contribution in [3.63, 3.8) is 0 Å². The standard InChI is InChI=1S/C14H17Cl2NO4/c1-19-14(18)13-9-17(5-7-21-13)4-6-20-12-3-2-10(15)8-11(12)16/h2-3,8,13H,4-7,9H2,1H3. The molecule has 0 N–H and O–H groups in total. The Morgan fingerprint density at radius 1 is 1.48 bits per heavy atom. The van der Waals surface area contributed by atoms with Gasteiger partial charge < -0.3 is 14.2 Å². The van der Waals surface area contributed by atoms with Crippen molar-refractivity contribution < 1.29 is 19.0 Å². The lowest BCUT2D eigenvalue weighted by Crippen LogP contribution is -2.47. The van der Waals surface area contributed by atoms with Crippen LogP contribution in [0.15, 0.2) is 18.2 Å². The van der Waals surface area contributed by atoms with Crippen LogP contribution in [-0.4, -0.2) is 56.9 Å². The van der Waals surface area contributed by atoms with Crippen molar-refractivity contribution >= 4 is 29.2 Å². The summed E-state index contributed by atoms with van der Waals surface area (Å²) in [5.74, 6) is 0.250. The summed E-state index contributed by atoms with van der Waals surface area (Å²) >= 11 is 11.9. The quantitative estimate of drug-likeness (QED) is 0.773. The molecule has 1 aliphatic heterocycles. The monoisotopic (exact) mass is 333 g/mol. The third-order valence-corrected chi connectivity index (χ3v) is 3.70. The van der Waals surface area contributed by atoms with E-state index in [9.17, 15) is 4.79 Å². The van der Waals surface area contributed by atoms with Crippen molar-refractivity contribution in [1.29, 1.82) is 0 Å². The smallest absolute Gasteiger partial charge is 0.336 e. The lowest BCUT2D eigenvalue weighted by molar-refractivity contribution is -0.159. The van der Waals surface area contributed by atoms with Crippen LogP contribution in [-0.2, 0) is 14.3 Å². The highest BCUT2D eigenvalue weighted by atomic mass is 35.5. The van der Waals surface area contributed by atoms with Crippen LogP contribution >= 0.6 is 23.2 Å². The molecule has 1 fully saturated rings. The molecule has 0 amide bonds. The molecule has 0 saturated carbocycles. The number of nitrogens with zero attached hydrogens (tertiary/aromatic N) is 1. The van der Waals surface area contributed by atoms with E-state index in [1.165, 1.54) is 7.11 Å². The fraction of sp³-hybridized carbons (Fsp3) is 0.500. The maximum Gasteiger partial charge on any atom is 0.336 e. The minimum atomic E-state index is -0.525. The van der Waals surface area contributed by atoms with Crippen LogP contribution in [0.1, 0.15) is 0 Å². The molecule has 21 heavy (non-hydrogen) atoms. The maximum atomic E-state index is 11.4. The molecule has 0 bridgehead atoms. The predicted octanol–water partition coefficient (Wildman–Crippen LogP) is 2.25. The third kappa shape index (κ3) is 4.74. The number of ether oxygens (including phenoxy) is 3. The summed E-state index contributed by atoms with van der Waals surface area (Å²) in [6.07, 6.45) is -0.525. The van der Waals surface area contributed by atoms with E-state index in [0.29, 0.717) is 42.1 Å². The highest BCUT2D eigenvalue weighted by molar-refractivity contribution is 6.35. The second-order valence-corrected chi connectivity index (χ2v) is 5.45. The maximum absolute atomic E-state index is 11.4. The fourth-order valence-corrected chi connectivity index (χ4v) is 2.52. The summed E-state index contributed by atoms with van der Waals surface area (Å²) in [4.78, 5) is 13.5. The SMILES string of the molecule is COC(=O)C1CN(CCOc2ccc(Cl)cc2Cl)CCO1. The lowest BCUT2D eigenvalue weighted by atomic mass is 10.2. The molecule has 1 aromatic carbocycles. The third-order valence-electron chi connectivity index (χ3n) is 3.17. The number of hydrogen-bond donors (Lipinski definition) is 0. The Kier molecular flexibility index (Phi) is 6.11. The van der Waals surface area contributed by atoms with E-state index in [4.69, 9.17) is 32.7 Å². The molecule has 1 atom stereocenters. The number of esters is 1. The molecular formula is C14H17Cl2NO4. The van der Waals surface area contributed by atoms with Gasteiger partial charge in [0.15, 0.2) is 6.10 Å². The van der Waals surface area contributed by atoms with Gasteiger partial charge in [0.25, 0.3) is 0 Å². The number of benzene rings is 1. The minimum absolute atomic E-state index is 0.346. The van der Waals surface area contributed by atoms with E-state index in [-0.39, 0.29) is 5.97 Å². The fourth-order valence-electron chi connectivity index (χ4n) is 2.06. The Balaban J connectivity index is 1.79. The Morgan fingerprint density at radius 2 is 2.29 bits per heavy atom. The second kappa shape index (κ2) is 7.84. The number of methoxy groups -OCH3 is 1. The summed E-state index contributed by atoms with van der Waals surface area (Å²) in [5.41, 5.74) is 0. The Hall–Kier alpha value is -1.01. The number of halogens is 2. The van der Waals surface area contributed by atoms with Crippen LogP contribution < -0.4 is 4.74 Å². The number of morpholine rings is 1. The summed E-state index contributed by atoms with van der Waals surface area (Å²) < 4.78 is 15.7. The average molecular weight is 334 g/mol. The van der Waals surface area contributed by atoms with Gasteiger partial charge in [-0.25, -0.2) is 4.79 Å². The molecule has 0 aliphatic carbocycles. The molecule has 1 unspecified atom stereocenters. The molecule has 0 radical (unpaired) electrons. The van der Waals surface area contributed by atoms with E-state index < -0.39 is 6.10 Å². The first kappa shape index (κ1) is 16.4. The van der Waals surface area contributed by atoms with E-state index >= 15 is 0 Å². The Labute approximate surface area is 133 Å². The largest absolute Gasteiger partial charge is 0.491 e. The summed E-state index contributed by atoms with van der Waals surface area (Å²) in [6, 6.07) is 5.10. The van der Waals surface area contributed by atoms with Crippen molar-refractivity contribution in [3.8, 4) is 5.75 Å². The lowest BCUT2D eigenvalue weighted by Gasteiger charge is -2.31. The van der Waals surface area contributed by atoms with Crippen molar-refractivity contribution in [2.24, 2.45) is 0 Å². The first-order chi connectivity index (χ1) is 10.1. The van der Waals surface area contributed by atoms with Crippen LogP contribution in [0.25, 0.3) is 0 Å². The molecule has 1 aromatic rings. The van der Waals surface area contributed by atoms with E-state index in [0.717, 1.165) is 6.54 Å². The molecule has 7 heteroatoms. The summed E-state index contributed by atoms with van der Waals surface area (Å²) in [6.45, 7) is 2.90. The summed E-state index contributed by atoms with van der Waals surface area (Å²) in [5, 5.41) is 1.05. The molecule has 0 spiro atoms. The zero-order valence-electron chi connectivity index (χ0n) is 11.7. The molecule has 116 valence electrons. The molecule has 1 heterocycles. The molecular weight excluding hydrogens is 317 g/mol. The van der Waals surface area contributed by atoms with Crippen LogP contribution in [0.2, 0.25) is 10.0 Å². The highest BCUT2D eigenvalue weighted by Crippen LogP contribution is 2.27. The molecule has 5 nitrogen and oxygen atoms in total. The molecule has 0 aromatic heterocycles. The zero-order chi connectivity index (χ0) is 15.2. The van der Waals surface area contributed by atoms with E-state index in [1.54, 1.807) is 18.2 Å². The number of rotatable bonds is 5. The van der Waals surface area contributed by atoms with E-state index in [2.05, 4.69) is 9.64 Å². The van der Waals surface area contributed by atoms with Crippen molar-refractivity contribution in [2.45, 2.75) is 6.10 Å². The molecule has 1 saturated heterocycles. The van der Waals surface area contributed by atoms with Gasteiger partial charge in [-0.2, -0.15) is 0 Å². The van der Waals surface area contributed by atoms with Gasteiger partial charge in [-0.15, -0.1) is 0 Å². The van der Waals surface area contributed by atoms with Gasteiger partial charge in [0.1, 0.15) is 12.4 Å². The van der Waals surface area contributed by atoms with Crippen LogP contribution in [0.4, 0.5) is 0 Å². The van der Waals surface area contributed by atoms with Crippen molar-refractivity contribution in [2.75, 3.05) is 40.0 Å². The minimum Gasteiger partial charge on any atom is -0.491 e. The van der Waals surface area contributed by atoms with Crippen LogP contribution in [0.5, 0.6) is 5.75 Å². The van der Waals surface area contributed by atoms with Gasteiger partial charge >= 0.3 is 5.97 Å².